The van der Waals surface area contributed by atoms with Crippen molar-refractivity contribution in [3.8, 4) is 0 Å². The Morgan fingerprint density at radius 1 is 1.10 bits per heavy atom. The molecule has 2 aromatic rings. The summed E-state index contributed by atoms with van der Waals surface area (Å²) < 4.78 is 0. The number of hydrogen-bond donors (Lipinski definition) is 2. The molecule has 0 aliphatic rings. The van der Waals surface area contributed by atoms with Gasteiger partial charge in [0.2, 0.25) is 0 Å². The van der Waals surface area contributed by atoms with Crippen LogP contribution in [0.25, 0.3) is 0 Å². The normalized spacial score (nSPS) is 12.2. The summed E-state index contributed by atoms with van der Waals surface area (Å²) in [5.41, 5.74) is 3.12. The lowest BCUT2D eigenvalue weighted by atomic mass is 10.1. The van der Waals surface area contributed by atoms with Gasteiger partial charge in [0.1, 0.15) is 0 Å². The molecule has 20 heavy (non-hydrogen) atoms. The number of aliphatic hydroxyl groups excluding tert-OH is 1. The van der Waals surface area contributed by atoms with Crippen LogP contribution in [0.3, 0.4) is 0 Å². The number of benzene rings is 2. The van der Waals surface area contributed by atoms with E-state index in [1.165, 1.54) is 5.56 Å². The largest absolute Gasteiger partial charge is 0.387 e. The summed E-state index contributed by atoms with van der Waals surface area (Å²) in [6.07, 6.45) is 1.52. The summed E-state index contributed by atoms with van der Waals surface area (Å²) in [6.45, 7) is 2.61. The van der Waals surface area contributed by atoms with E-state index >= 15 is 0 Å². The maximum Gasteiger partial charge on any atom is 0.0976 e. The standard InChI is InChI=1S/C17H20ClNO/c1-2-7-13-8-3-6-11-16(13)19-12-17(20)14-9-4-5-10-15(14)18/h3-6,8-11,17,19-20H,2,7,12H2,1H3. The summed E-state index contributed by atoms with van der Waals surface area (Å²) >= 11 is 6.09. The van der Waals surface area contributed by atoms with Gasteiger partial charge in [-0.05, 0) is 24.1 Å². The summed E-state index contributed by atoms with van der Waals surface area (Å²) in [4.78, 5) is 0. The monoisotopic (exact) mass is 289 g/mol. The fourth-order valence-corrected chi connectivity index (χ4v) is 2.50. The summed E-state index contributed by atoms with van der Waals surface area (Å²) in [7, 11) is 0. The number of para-hydroxylation sites is 1. The van der Waals surface area contributed by atoms with Crippen molar-refractivity contribution in [3.05, 3.63) is 64.7 Å². The third-order valence-electron chi connectivity index (χ3n) is 3.29. The highest BCUT2D eigenvalue weighted by Gasteiger charge is 2.11. The van der Waals surface area contributed by atoms with Gasteiger partial charge in [-0.15, -0.1) is 0 Å². The van der Waals surface area contributed by atoms with Gasteiger partial charge in [0.15, 0.2) is 0 Å². The maximum absolute atomic E-state index is 10.2. The van der Waals surface area contributed by atoms with Crippen molar-refractivity contribution in [1.29, 1.82) is 0 Å². The lowest BCUT2D eigenvalue weighted by Crippen LogP contribution is -2.13. The molecule has 0 radical (unpaired) electrons. The Balaban J connectivity index is 2.04. The van der Waals surface area contributed by atoms with Crippen molar-refractivity contribution in [1.82, 2.24) is 0 Å². The first kappa shape index (κ1) is 14.9. The molecule has 106 valence electrons. The first-order valence-electron chi connectivity index (χ1n) is 6.96. The highest BCUT2D eigenvalue weighted by Crippen LogP contribution is 2.24. The first-order valence-corrected chi connectivity index (χ1v) is 7.34. The average Bonchev–Trinajstić information content (AvgIpc) is 2.47. The Bertz CT molecular complexity index is 556. The zero-order valence-corrected chi connectivity index (χ0v) is 12.4. The van der Waals surface area contributed by atoms with Crippen molar-refractivity contribution in [2.24, 2.45) is 0 Å². The molecule has 3 heteroatoms. The minimum atomic E-state index is -0.613. The average molecular weight is 290 g/mol. The van der Waals surface area contributed by atoms with E-state index in [-0.39, 0.29) is 0 Å². The van der Waals surface area contributed by atoms with E-state index < -0.39 is 6.10 Å². The van der Waals surface area contributed by atoms with Crippen LogP contribution in [0.15, 0.2) is 48.5 Å². The van der Waals surface area contributed by atoms with E-state index in [0.29, 0.717) is 11.6 Å². The summed E-state index contributed by atoms with van der Waals surface area (Å²) in [6, 6.07) is 15.6. The molecule has 0 aliphatic heterocycles. The Morgan fingerprint density at radius 3 is 2.55 bits per heavy atom. The number of halogens is 1. The van der Waals surface area contributed by atoms with Crippen LogP contribution < -0.4 is 5.32 Å². The van der Waals surface area contributed by atoms with Gasteiger partial charge in [0, 0.05) is 22.8 Å². The molecule has 0 amide bonds. The van der Waals surface area contributed by atoms with Gasteiger partial charge >= 0.3 is 0 Å². The van der Waals surface area contributed by atoms with Gasteiger partial charge in [-0.25, -0.2) is 0 Å². The lowest BCUT2D eigenvalue weighted by molar-refractivity contribution is 0.191. The molecular weight excluding hydrogens is 270 g/mol. The van der Waals surface area contributed by atoms with Gasteiger partial charge in [-0.1, -0.05) is 61.3 Å². The summed E-state index contributed by atoms with van der Waals surface area (Å²) in [5, 5.41) is 14.2. The zero-order valence-electron chi connectivity index (χ0n) is 11.6. The van der Waals surface area contributed by atoms with Gasteiger partial charge in [0.05, 0.1) is 6.10 Å². The SMILES string of the molecule is CCCc1ccccc1NCC(O)c1ccccc1Cl. The van der Waals surface area contributed by atoms with Gasteiger partial charge in [-0.3, -0.25) is 0 Å². The Morgan fingerprint density at radius 2 is 1.80 bits per heavy atom. The Hall–Kier alpha value is -1.51. The molecule has 0 saturated carbocycles. The number of anilines is 1. The number of aliphatic hydroxyl groups is 1. The lowest BCUT2D eigenvalue weighted by Gasteiger charge is -2.16. The molecule has 0 aromatic heterocycles. The van der Waals surface area contributed by atoms with Crippen LogP contribution in [0.5, 0.6) is 0 Å². The van der Waals surface area contributed by atoms with Crippen LogP contribution in [-0.2, 0) is 6.42 Å². The van der Waals surface area contributed by atoms with Crippen molar-refractivity contribution in [2.45, 2.75) is 25.9 Å². The number of aryl methyl sites for hydroxylation is 1. The van der Waals surface area contributed by atoms with E-state index in [1.807, 2.05) is 36.4 Å². The molecule has 2 N–H and O–H groups in total. The minimum Gasteiger partial charge on any atom is -0.387 e. The van der Waals surface area contributed by atoms with Crippen molar-refractivity contribution >= 4 is 17.3 Å². The van der Waals surface area contributed by atoms with Crippen LogP contribution in [0, 0.1) is 0 Å². The van der Waals surface area contributed by atoms with E-state index in [4.69, 9.17) is 11.6 Å². The molecule has 0 spiro atoms. The number of rotatable bonds is 6. The molecule has 0 bridgehead atoms. The molecule has 1 atom stereocenters. The third-order valence-corrected chi connectivity index (χ3v) is 3.63. The number of hydrogen-bond acceptors (Lipinski definition) is 2. The molecule has 0 aliphatic carbocycles. The topological polar surface area (TPSA) is 32.3 Å². The zero-order chi connectivity index (χ0) is 14.4. The molecule has 0 fully saturated rings. The van der Waals surface area contributed by atoms with Crippen LogP contribution in [0.4, 0.5) is 5.69 Å². The molecule has 2 rings (SSSR count). The fraction of sp³-hybridized carbons (Fsp3) is 0.294. The van der Waals surface area contributed by atoms with Crippen LogP contribution in [-0.4, -0.2) is 11.7 Å². The second-order valence-electron chi connectivity index (χ2n) is 4.83. The molecular formula is C17H20ClNO. The first-order chi connectivity index (χ1) is 9.72. The second kappa shape index (κ2) is 7.32. The highest BCUT2D eigenvalue weighted by molar-refractivity contribution is 6.31. The Labute approximate surface area is 125 Å². The predicted octanol–water partition coefficient (Wildman–Crippen LogP) is 4.44. The van der Waals surface area contributed by atoms with E-state index in [0.717, 1.165) is 24.1 Å². The van der Waals surface area contributed by atoms with Gasteiger partial charge in [-0.2, -0.15) is 0 Å². The maximum atomic E-state index is 10.2. The van der Waals surface area contributed by atoms with E-state index in [2.05, 4.69) is 18.3 Å². The van der Waals surface area contributed by atoms with Crippen LogP contribution in [0.2, 0.25) is 5.02 Å². The number of nitrogens with one attached hydrogen (secondary N) is 1. The molecule has 2 aromatic carbocycles. The smallest absolute Gasteiger partial charge is 0.0976 e. The minimum absolute atomic E-state index is 0.449. The van der Waals surface area contributed by atoms with Gasteiger partial charge < -0.3 is 10.4 Å². The summed E-state index contributed by atoms with van der Waals surface area (Å²) in [5.74, 6) is 0. The molecule has 0 saturated heterocycles. The van der Waals surface area contributed by atoms with Gasteiger partial charge in [0.25, 0.3) is 0 Å². The predicted molar refractivity (Wildman–Crippen MR) is 85.3 cm³/mol. The third kappa shape index (κ3) is 3.75. The fourth-order valence-electron chi connectivity index (χ4n) is 2.24. The van der Waals surface area contributed by atoms with Crippen molar-refractivity contribution in [3.63, 3.8) is 0 Å². The molecule has 1 unspecified atom stereocenters. The van der Waals surface area contributed by atoms with E-state index in [9.17, 15) is 5.11 Å². The van der Waals surface area contributed by atoms with Crippen molar-refractivity contribution in [2.75, 3.05) is 11.9 Å². The van der Waals surface area contributed by atoms with Crippen molar-refractivity contribution < 1.29 is 5.11 Å². The highest BCUT2D eigenvalue weighted by atomic mass is 35.5. The quantitative estimate of drug-likeness (QED) is 0.824. The second-order valence-corrected chi connectivity index (χ2v) is 5.23. The van der Waals surface area contributed by atoms with Crippen LogP contribution >= 0.6 is 11.6 Å². The van der Waals surface area contributed by atoms with E-state index in [1.54, 1.807) is 6.07 Å². The van der Waals surface area contributed by atoms with Crippen LogP contribution in [0.1, 0.15) is 30.6 Å². The molecule has 0 heterocycles. The molecule has 2 nitrogen and oxygen atoms in total. The Kier molecular flexibility index (Phi) is 5.45.